The van der Waals surface area contributed by atoms with Crippen molar-refractivity contribution >= 4 is 23.3 Å². The summed E-state index contributed by atoms with van der Waals surface area (Å²) in [6, 6.07) is 13.9. The summed E-state index contributed by atoms with van der Waals surface area (Å²) in [6.07, 6.45) is 0.376. The Morgan fingerprint density at radius 1 is 1.24 bits per heavy atom. The van der Waals surface area contributed by atoms with E-state index in [0.29, 0.717) is 31.7 Å². The zero-order chi connectivity index (χ0) is 21.0. The van der Waals surface area contributed by atoms with Crippen molar-refractivity contribution in [3.8, 4) is 0 Å². The molecule has 0 aromatic heterocycles. The molecule has 8 nitrogen and oxygen atoms in total. The van der Waals surface area contributed by atoms with E-state index >= 15 is 0 Å². The first-order chi connectivity index (χ1) is 13.9. The van der Waals surface area contributed by atoms with Crippen molar-refractivity contribution < 1.29 is 19.6 Å². The van der Waals surface area contributed by atoms with E-state index in [1.54, 1.807) is 24.0 Å². The quantitative estimate of drug-likeness (QED) is 0.571. The number of piperidine rings is 1. The van der Waals surface area contributed by atoms with Crippen molar-refractivity contribution in [2.75, 3.05) is 18.4 Å². The number of likely N-dealkylation sites (tertiary alicyclic amines) is 1. The Morgan fingerprint density at radius 2 is 1.97 bits per heavy atom. The molecule has 152 valence electrons. The number of carboxylic acid groups (broad SMARTS) is 1. The van der Waals surface area contributed by atoms with E-state index in [2.05, 4.69) is 5.32 Å². The van der Waals surface area contributed by atoms with Gasteiger partial charge >= 0.3 is 5.97 Å². The second-order valence-electron chi connectivity index (χ2n) is 7.29. The fourth-order valence-corrected chi connectivity index (χ4v) is 3.64. The van der Waals surface area contributed by atoms with Crippen LogP contribution >= 0.6 is 0 Å². The van der Waals surface area contributed by atoms with Crippen LogP contribution in [-0.2, 0) is 11.3 Å². The van der Waals surface area contributed by atoms with E-state index in [4.69, 9.17) is 0 Å². The van der Waals surface area contributed by atoms with Gasteiger partial charge in [0.05, 0.1) is 10.8 Å². The molecule has 0 bridgehead atoms. The Morgan fingerprint density at radius 3 is 2.59 bits per heavy atom. The van der Waals surface area contributed by atoms with Crippen LogP contribution in [0.3, 0.4) is 0 Å². The van der Waals surface area contributed by atoms with Gasteiger partial charge in [-0.25, -0.2) is 0 Å². The zero-order valence-corrected chi connectivity index (χ0v) is 16.1. The van der Waals surface area contributed by atoms with Crippen LogP contribution < -0.4 is 5.32 Å². The van der Waals surface area contributed by atoms with Crippen molar-refractivity contribution in [2.45, 2.75) is 19.9 Å². The first-order valence-corrected chi connectivity index (χ1v) is 9.45. The summed E-state index contributed by atoms with van der Waals surface area (Å²) in [5.41, 5.74) is 1.38. The molecule has 8 heteroatoms. The van der Waals surface area contributed by atoms with Gasteiger partial charge in [0.25, 0.3) is 11.6 Å². The van der Waals surface area contributed by atoms with Crippen molar-refractivity contribution in [3.05, 3.63) is 69.8 Å². The summed E-state index contributed by atoms with van der Waals surface area (Å²) in [5.74, 6) is -1.82. The average molecular weight is 397 g/mol. The van der Waals surface area contributed by atoms with Crippen molar-refractivity contribution in [1.82, 2.24) is 4.90 Å². The van der Waals surface area contributed by atoms with Crippen LogP contribution in [-0.4, -0.2) is 39.9 Å². The molecule has 1 saturated heterocycles. The van der Waals surface area contributed by atoms with Gasteiger partial charge in [0.1, 0.15) is 5.69 Å². The van der Waals surface area contributed by atoms with E-state index in [-0.39, 0.29) is 23.1 Å². The molecule has 1 aliphatic rings. The number of aliphatic carboxylic acids is 1. The lowest BCUT2D eigenvalue weighted by atomic mass is 9.87. The molecule has 3 rings (SSSR count). The number of carbonyl (C=O) groups is 2. The number of nitro groups is 1. The molecule has 0 radical (unpaired) electrons. The molecule has 1 amide bonds. The highest BCUT2D eigenvalue weighted by atomic mass is 16.6. The van der Waals surface area contributed by atoms with Crippen molar-refractivity contribution in [2.24, 2.45) is 11.8 Å². The molecular formula is C21H23N3O5. The number of benzene rings is 2. The highest BCUT2D eigenvalue weighted by Gasteiger charge is 2.33. The Hall–Kier alpha value is -3.42. The lowest BCUT2D eigenvalue weighted by Crippen LogP contribution is -2.45. The highest BCUT2D eigenvalue weighted by molar-refractivity contribution is 5.96. The molecule has 1 aliphatic heterocycles. The average Bonchev–Trinajstić information content (AvgIpc) is 2.72. The minimum Gasteiger partial charge on any atom is -0.481 e. The number of anilines is 1. The molecule has 2 aromatic rings. The third-order valence-electron chi connectivity index (χ3n) is 5.28. The van der Waals surface area contributed by atoms with E-state index in [1.807, 2.05) is 30.3 Å². The number of nitrogens with zero attached hydrogens (tertiary/aromatic N) is 2. The van der Waals surface area contributed by atoms with Crippen LogP contribution in [0.1, 0.15) is 29.3 Å². The lowest BCUT2D eigenvalue weighted by molar-refractivity contribution is -0.384. The van der Waals surface area contributed by atoms with Crippen LogP contribution in [0.5, 0.6) is 0 Å². The maximum absolute atomic E-state index is 12.8. The van der Waals surface area contributed by atoms with Crippen molar-refractivity contribution in [1.29, 1.82) is 0 Å². The van der Waals surface area contributed by atoms with Gasteiger partial charge in [-0.1, -0.05) is 37.3 Å². The maximum atomic E-state index is 12.8. The minimum atomic E-state index is -0.853. The van der Waals surface area contributed by atoms with Gasteiger partial charge in [0, 0.05) is 31.3 Å². The molecule has 0 spiro atoms. The summed E-state index contributed by atoms with van der Waals surface area (Å²) >= 11 is 0. The number of rotatable bonds is 6. The standard InChI is InChI=1S/C21H23N3O5/c1-14-13-23(10-9-17(14)21(26)27)20(25)16-7-8-18(19(11-16)24(28)29)22-12-15-5-3-2-4-6-15/h2-8,11,14,17,22H,9-10,12-13H2,1H3,(H,26,27). The summed E-state index contributed by atoms with van der Waals surface area (Å²) < 4.78 is 0. The number of hydrogen-bond acceptors (Lipinski definition) is 5. The molecule has 29 heavy (non-hydrogen) atoms. The van der Waals surface area contributed by atoms with Gasteiger partial charge in [-0.2, -0.15) is 0 Å². The first kappa shape index (κ1) is 20.3. The lowest BCUT2D eigenvalue weighted by Gasteiger charge is -2.35. The molecule has 0 aliphatic carbocycles. The molecule has 1 heterocycles. The van der Waals surface area contributed by atoms with Crippen LogP contribution in [0.4, 0.5) is 11.4 Å². The SMILES string of the molecule is CC1CN(C(=O)c2ccc(NCc3ccccc3)c([N+](=O)[O-])c2)CCC1C(=O)O. The minimum absolute atomic E-state index is 0.166. The molecule has 2 N–H and O–H groups in total. The topological polar surface area (TPSA) is 113 Å². The Balaban J connectivity index is 1.75. The van der Waals surface area contributed by atoms with Gasteiger partial charge in [-0.15, -0.1) is 0 Å². The van der Waals surface area contributed by atoms with E-state index < -0.39 is 16.8 Å². The summed E-state index contributed by atoms with van der Waals surface area (Å²) in [4.78, 5) is 36.7. The van der Waals surface area contributed by atoms with Gasteiger partial charge in [-0.3, -0.25) is 19.7 Å². The van der Waals surface area contributed by atoms with Crippen LogP contribution in [0.2, 0.25) is 0 Å². The number of carboxylic acids is 1. The van der Waals surface area contributed by atoms with Gasteiger partial charge < -0.3 is 15.3 Å². The fourth-order valence-electron chi connectivity index (χ4n) is 3.64. The zero-order valence-electron chi connectivity index (χ0n) is 16.1. The number of hydrogen-bond donors (Lipinski definition) is 2. The molecule has 1 fully saturated rings. The van der Waals surface area contributed by atoms with Crippen LogP contribution in [0.25, 0.3) is 0 Å². The van der Waals surface area contributed by atoms with Gasteiger partial charge in [0.2, 0.25) is 0 Å². The predicted octanol–water partition coefficient (Wildman–Crippen LogP) is 3.39. The van der Waals surface area contributed by atoms with E-state index in [9.17, 15) is 24.8 Å². The smallest absolute Gasteiger partial charge is 0.306 e. The molecule has 2 unspecified atom stereocenters. The molecule has 2 atom stereocenters. The van der Waals surface area contributed by atoms with E-state index in [0.717, 1.165) is 5.56 Å². The van der Waals surface area contributed by atoms with Gasteiger partial charge in [0.15, 0.2) is 0 Å². The normalized spacial score (nSPS) is 18.9. The number of nitro benzene ring substituents is 1. The summed E-state index contributed by atoms with van der Waals surface area (Å²) in [5, 5.41) is 23.8. The summed E-state index contributed by atoms with van der Waals surface area (Å²) in [7, 11) is 0. The fraction of sp³-hybridized carbons (Fsp3) is 0.333. The monoisotopic (exact) mass is 397 g/mol. The number of amides is 1. The number of nitrogens with one attached hydrogen (secondary N) is 1. The van der Waals surface area contributed by atoms with Crippen LogP contribution in [0, 0.1) is 22.0 Å². The van der Waals surface area contributed by atoms with Gasteiger partial charge in [-0.05, 0) is 30.0 Å². The highest BCUT2D eigenvalue weighted by Crippen LogP contribution is 2.29. The largest absolute Gasteiger partial charge is 0.481 e. The Labute approximate surface area is 168 Å². The van der Waals surface area contributed by atoms with Crippen molar-refractivity contribution in [3.63, 3.8) is 0 Å². The van der Waals surface area contributed by atoms with Crippen LogP contribution in [0.15, 0.2) is 48.5 Å². The molecule has 2 aromatic carbocycles. The Bertz CT molecular complexity index is 916. The molecule has 0 saturated carbocycles. The maximum Gasteiger partial charge on any atom is 0.306 e. The number of carbonyl (C=O) groups excluding carboxylic acids is 1. The first-order valence-electron chi connectivity index (χ1n) is 9.45. The van der Waals surface area contributed by atoms with E-state index in [1.165, 1.54) is 6.07 Å². The predicted molar refractivity (Wildman–Crippen MR) is 108 cm³/mol. The molecular weight excluding hydrogens is 374 g/mol. The second-order valence-corrected chi connectivity index (χ2v) is 7.29. The third kappa shape index (κ3) is 4.71. The third-order valence-corrected chi connectivity index (χ3v) is 5.28. The second kappa shape index (κ2) is 8.72. The summed E-state index contributed by atoms with van der Waals surface area (Å²) in [6.45, 7) is 2.87. The Kier molecular flexibility index (Phi) is 6.11.